The topological polar surface area (TPSA) is 67.6 Å². The van der Waals surface area contributed by atoms with Crippen LogP contribution in [0.25, 0.3) is 0 Å². The Morgan fingerprint density at radius 2 is 2.14 bits per heavy atom. The van der Waals surface area contributed by atoms with Crippen molar-refractivity contribution in [1.82, 2.24) is 10.2 Å². The van der Waals surface area contributed by atoms with Crippen LogP contribution in [0.1, 0.15) is 19.3 Å². The van der Waals surface area contributed by atoms with Crippen LogP contribution in [-0.4, -0.2) is 67.2 Å². The van der Waals surface area contributed by atoms with Crippen LogP contribution in [0.2, 0.25) is 0 Å². The Kier molecular flexibility index (Phi) is 9.55. The molecule has 2 fully saturated rings. The van der Waals surface area contributed by atoms with E-state index in [0.717, 1.165) is 25.0 Å². The van der Waals surface area contributed by atoms with Crippen molar-refractivity contribution in [3.63, 3.8) is 0 Å². The first-order valence-electron chi connectivity index (χ1n) is 6.96. The lowest BCUT2D eigenvalue weighted by atomic mass is 9.97. The molecule has 2 aliphatic rings. The largest absolute Gasteiger partial charge is 0.364 e. The molecule has 0 spiro atoms. The number of amides is 1. The average Bonchev–Trinajstić information content (AvgIpc) is 3.05. The lowest BCUT2D eigenvalue weighted by molar-refractivity contribution is -0.132. The van der Waals surface area contributed by atoms with Crippen LogP contribution in [0.4, 0.5) is 0 Å². The van der Waals surface area contributed by atoms with Gasteiger partial charge in [-0.05, 0) is 39.1 Å². The van der Waals surface area contributed by atoms with Crippen molar-refractivity contribution in [3.05, 3.63) is 0 Å². The van der Waals surface area contributed by atoms with E-state index < -0.39 is 0 Å². The van der Waals surface area contributed by atoms with Crippen molar-refractivity contribution < 1.29 is 9.53 Å². The molecule has 126 valence electrons. The molecule has 0 radical (unpaired) electrons. The number of likely N-dealkylation sites (N-methyl/N-ethyl adjacent to an activating group) is 1. The number of nitrogens with zero attached hydrogens (tertiary/aromatic N) is 1. The first kappa shape index (κ1) is 21.3. The lowest BCUT2D eigenvalue weighted by Crippen LogP contribution is -2.54. The van der Waals surface area contributed by atoms with Gasteiger partial charge in [-0.15, -0.1) is 24.8 Å². The molecule has 0 aliphatic carbocycles. The van der Waals surface area contributed by atoms with Crippen molar-refractivity contribution in [2.24, 2.45) is 5.73 Å². The van der Waals surface area contributed by atoms with E-state index in [1.807, 2.05) is 11.8 Å². The molecular formula is C13H27Cl2N3O2S. The van der Waals surface area contributed by atoms with E-state index in [1.54, 1.807) is 0 Å². The second-order valence-electron chi connectivity index (χ2n) is 5.70. The average molecular weight is 360 g/mol. The fraction of sp³-hybridized carbons (Fsp3) is 0.923. The zero-order valence-electron chi connectivity index (χ0n) is 12.7. The molecule has 2 aliphatic heterocycles. The highest BCUT2D eigenvalue weighted by Gasteiger charge is 2.38. The molecule has 0 aromatic rings. The molecule has 21 heavy (non-hydrogen) atoms. The molecule has 2 heterocycles. The van der Waals surface area contributed by atoms with Gasteiger partial charge >= 0.3 is 0 Å². The van der Waals surface area contributed by atoms with Crippen LogP contribution in [0.3, 0.4) is 0 Å². The highest BCUT2D eigenvalue weighted by molar-refractivity contribution is 7.99. The fourth-order valence-electron chi connectivity index (χ4n) is 2.68. The summed E-state index contributed by atoms with van der Waals surface area (Å²) >= 11 is 1.96. The van der Waals surface area contributed by atoms with Gasteiger partial charge in [0, 0.05) is 24.4 Å². The van der Waals surface area contributed by atoms with Crippen molar-refractivity contribution in [2.75, 3.05) is 38.7 Å². The molecule has 1 amide bonds. The monoisotopic (exact) mass is 359 g/mol. The molecule has 3 atom stereocenters. The Balaban J connectivity index is 0.00000200. The number of rotatable bonds is 5. The standard InChI is InChI=1S/C13H25N3O2S.2ClH/c1-16(2)13(5-6-19-9-13)8-15-12(17)11-4-3-10(7-14)18-11;;/h10-11H,3-9,14H2,1-2H3,(H,15,17);2*1H/t10-,11+,13?;;/m1../s1. The third kappa shape index (κ3) is 5.15. The number of hydrogen-bond donors (Lipinski definition) is 2. The molecule has 3 N–H and O–H groups in total. The summed E-state index contributed by atoms with van der Waals surface area (Å²) in [6, 6.07) is 0. The molecule has 0 aromatic carbocycles. The van der Waals surface area contributed by atoms with Gasteiger partial charge in [0.1, 0.15) is 6.10 Å². The van der Waals surface area contributed by atoms with Crippen molar-refractivity contribution in [2.45, 2.75) is 37.0 Å². The van der Waals surface area contributed by atoms with Crippen LogP contribution >= 0.6 is 36.6 Å². The van der Waals surface area contributed by atoms with Gasteiger partial charge in [0.25, 0.3) is 0 Å². The number of halogens is 2. The molecular weight excluding hydrogens is 333 g/mol. The Hall–Kier alpha value is 0.280. The van der Waals surface area contributed by atoms with E-state index in [9.17, 15) is 4.79 Å². The minimum Gasteiger partial charge on any atom is -0.364 e. The summed E-state index contributed by atoms with van der Waals surface area (Å²) in [6.45, 7) is 1.21. The number of nitrogens with two attached hydrogens (primary N) is 1. The summed E-state index contributed by atoms with van der Waals surface area (Å²) in [5.74, 6) is 2.27. The number of carbonyl (C=O) groups is 1. The molecule has 0 saturated carbocycles. The fourth-order valence-corrected chi connectivity index (χ4v) is 4.24. The summed E-state index contributed by atoms with van der Waals surface area (Å²) in [5, 5.41) is 3.07. The molecule has 0 bridgehead atoms. The summed E-state index contributed by atoms with van der Waals surface area (Å²) in [6.07, 6.45) is 2.56. The van der Waals surface area contributed by atoms with Crippen LogP contribution in [0.5, 0.6) is 0 Å². The third-order valence-corrected chi connectivity index (χ3v) is 5.52. The molecule has 1 unspecified atom stereocenters. The van der Waals surface area contributed by atoms with Crippen molar-refractivity contribution in [1.29, 1.82) is 0 Å². The van der Waals surface area contributed by atoms with Gasteiger partial charge < -0.3 is 20.7 Å². The molecule has 0 aromatic heterocycles. The van der Waals surface area contributed by atoms with E-state index in [1.165, 1.54) is 5.75 Å². The van der Waals surface area contributed by atoms with E-state index in [4.69, 9.17) is 10.5 Å². The van der Waals surface area contributed by atoms with Crippen molar-refractivity contribution in [3.8, 4) is 0 Å². The number of thioether (sulfide) groups is 1. The second-order valence-corrected chi connectivity index (χ2v) is 6.80. The lowest BCUT2D eigenvalue weighted by Gasteiger charge is -2.36. The van der Waals surface area contributed by atoms with Crippen LogP contribution in [-0.2, 0) is 9.53 Å². The Bertz CT molecular complexity index is 329. The molecule has 5 nitrogen and oxygen atoms in total. The third-order valence-electron chi connectivity index (χ3n) is 4.29. The number of ether oxygens (including phenoxy) is 1. The summed E-state index contributed by atoms with van der Waals surface area (Å²) < 4.78 is 5.63. The molecule has 2 rings (SSSR count). The normalized spacial score (nSPS) is 31.6. The Morgan fingerprint density at radius 3 is 2.62 bits per heavy atom. The predicted molar refractivity (Wildman–Crippen MR) is 92.8 cm³/mol. The minimum absolute atomic E-state index is 0. The zero-order valence-corrected chi connectivity index (χ0v) is 15.1. The van der Waals surface area contributed by atoms with Gasteiger partial charge in [0.05, 0.1) is 6.10 Å². The Morgan fingerprint density at radius 1 is 1.43 bits per heavy atom. The highest BCUT2D eigenvalue weighted by Crippen LogP contribution is 2.31. The number of carbonyl (C=O) groups excluding carboxylic acids is 1. The van der Waals surface area contributed by atoms with E-state index in [-0.39, 0.29) is 48.5 Å². The minimum atomic E-state index is -0.304. The Labute approximate surface area is 143 Å². The van der Waals surface area contributed by atoms with Gasteiger partial charge in [0.2, 0.25) is 5.91 Å². The second kappa shape index (κ2) is 9.43. The quantitative estimate of drug-likeness (QED) is 0.762. The predicted octanol–water partition coefficient (Wildman–Crippen LogP) is 0.890. The van der Waals surface area contributed by atoms with Gasteiger partial charge in [0.15, 0.2) is 0 Å². The van der Waals surface area contributed by atoms with E-state index >= 15 is 0 Å². The maximum Gasteiger partial charge on any atom is 0.249 e. The summed E-state index contributed by atoms with van der Waals surface area (Å²) in [5.41, 5.74) is 5.67. The summed E-state index contributed by atoms with van der Waals surface area (Å²) in [7, 11) is 4.18. The van der Waals surface area contributed by atoms with Crippen LogP contribution in [0, 0.1) is 0 Å². The van der Waals surface area contributed by atoms with E-state index in [0.29, 0.717) is 13.1 Å². The first-order chi connectivity index (χ1) is 9.07. The van der Waals surface area contributed by atoms with Gasteiger partial charge in [-0.25, -0.2) is 0 Å². The first-order valence-corrected chi connectivity index (χ1v) is 8.11. The van der Waals surface area contributed by atoms with E-state index in [2.05, 4.69) is 24.3 Å². The maximum absolute atomic E-state index is 12.1. The van der Waals surface area contributed by atoms with Crippen LogP contribution in [0.15, 0.2) is 0 Å². The molecule has 8 heteroatoms. The SMILES string of the molecule is CN(C)C1(CNC(=O)[C@@H]2CC[C@H](CN)O2)CCSC1.Cl.Cl. The number of nitrogens with one attached hydrogen (secondary N) is 1. The zero-order chi connectivity index (χ0) is 13.9. The smallest absolute Gasteiger partial charge is 0.249 e. The molecule has 2 saturated heterocycles. The maximum atomic E-state index is 12.1. The van der Waals surface area contributed by atoms with Gasteiger partial charge in [-0.3, -0.25) is 4.79 Å². The van der Waals surface area contributed by atoms with Gasteiger partial charge in [-0.2, -0.15) is 11.8 Å². The van der Waals surface area contributed by atoms with Crippen LogP contribution < -0.4 is 11.1 Å². The van der Waals surface area contributed by atoms with Crippen molar-refractivity contribution >= 4 is 42.5 Å². The highest BCUT2D eigenvalue weighted by atomic mass is 35.5. The van der Waals surface area contributed by atoms with Gasteiger partial charge in [-0.1, -0.05) is 0 Å². The summed E-state index contributed by atoms with van der Waals surface area (Å²) in [4.78, 5) is 14.4. The number of hydrogen-bond acceptors (Lipinski definition) is 5.